The molecule has 0 saturated carbocycles. The summed E-state index contributed by atoms with van der Waals surface area (Å²) in [6, 6.07) is 5.75. The molecule has 0 amide bonds. The van der Waals surface area contributed by atoms with E-state index in [1.807, 2.05) is 42.9 Å². The summed E-state index contributed by atoms with van der Waals surface area (Å²) in [5.41, 5.74) is 3.18. The van der Waals surface area contributed by atoms with Crippen molar-refractivity contribution in [3.63, 3.8) is 0 Å². The minimum Gasteiger partial charge on any atom is -0.370 e. The molecule has 4 heterocycles. The largest absolute Gasteiger partial charge is 0.370 e. The van der Waals surface area contributed by atoms with E-state index in [0.717, 1.165) is 29.1 Å². The van der Waals surface area contributed by atoms with Gasteiger partial charge in [-0.15, -0.1) is 0 Å². The van der Waals surface area contributed by atoms with Crippen LogP contribution in [-0.2, 0) is 6.54 Å². The number of hydrogen-bond donors (Lipinski definition) is 2. The third-order valence-electron chi connectivity index (χ3n) is 3.84. The van der Waals surface area contributed by atoms with Gasteiger partial charge in [0.25, 0.3) is 0 Å². The van der Waals surface area contributed by atoms with Crippen LogP contribution in [0.15, 0.2) is 36.8 Å². The number of nitrogens with zero attached hydrogens (tertiary/aromatic N) is 6. The number of H-pyrrole nitrogens is 1. The Morgan fingerprint density at radius 3 is 2.92 bits per heavy atom. The van der Waals surface area contributed by atoms with Gasteiger partial charge < -0.3 is 10.3 Å². The Kier molecular flexibility index (Phi) is 3.85. The van der Waals surface area contributed by atoms with E-state index in [-0.39, 0.29) is 0 Å². The van der Waals surface area contributed by atoms with Crippen molar-refractivity contribution in [1.29, 1.82) is 0 Å². The first-order valence-corrected chi connectivity index (χ1v) is 8.24. The van der Waals surface area contributed by atoms with E-state index in [1.54, 1.807) is 12.4 Å². The second kappa shape index (κ2) is 6.31. The smallest absolute Gasteiger partial charge is 0.182 e. The maximum atomic E-state index is 4.70. The number of hydrogen-bond acceptors (Lipinski definition) is 6. The Morgan fingerprint density at radius 2 is 2.08 bits per heavy atom. The van der Waals surface area contributed by atoms with Crippen LogP contribution in [0.4, 0.5) is 5.82 Å². The molecule has 0 bridgehead atoms. The van der Waals surface area contributed by atoms with Crippen molar-refractivity contribution in [2.75, 3.05) is 11.9 Å². The second-order valence-corrected chi connectivity index (χ2v) is 5.50. The molecule has 8 nitrogen and oxygen atoms in total. The lowest BCUT2D eigenvalue weighted by Crippen LogP contribution is -2.01. The Bertz CT molecular complexity index is 1020. The molecular formula is C17H18N8. The molecule has 4 aromatic heterocycles. The van der Waals surface area contributed by atoms with Crippen molar-refractivity contribution in [2.24, 2.45) is 0 Å². The van der Waals surface area contributed by atoms with Crippen LogP contribution in [0.25, 0.3) is 34.1 Å². The van der Waals surface area contributed by atoms with Crippen LogP contribution in [-0.4, -0.2) is 41.2 Å². The van der Waals surface area contributed by atoms with E-state index in [2.05, 4.69) is 30.4 Å². The quantitative estimate of drug-likeness (QED) is 0.582. The van der Waals surface area contributed by atoms with Gasteiger partial charge >= 0.3 is 0 Å². The highest BCUT2D eigenvalue weighted by atomic mass is 15.3. The van der Waals surface area contributed by atoms with Gasteiger partial charge in [0.2, 0.25) is 0 Å². The highest BCUT2D eigenvalue weighted by Crippen LogP contribution is 2.23. The molecule has 0 atom stereocenters. The van der Waals surface area contributed by atoms with Crippen LogP contribution in [0, 0.1) is 0 Å². The first-order chi connectivity index (χ1) is 12.3. The second-order valence-electron chi connectivity index (χ2n) is 5.50. The van der Waals surface area contributed by atoms with Crippen LogP contribution in [0.3, 0.4) is 0 Å². The molecule has 4 rings (SSSR count). The third kappa shape index (κ3) is 2.82. The van der Waals surface area contributed by atoms with Gasteiger partial charge in [0, 0.05) is 31.0 Å². The number of anilines is 1. The standard InChI is InChI=1S/C17H18N8/c1-3-18-14-9-11(5-7-19-14)15-23-17(25(4-2)24-15)13-10-21-16-12(22-13)6-8-20-16/h5-10H,3-4H2,1-2H3,(H,18,19)(H,20,21). The summed E-state index contributed by atoms with van der Waals surface area (Å²) in [7, 11) is 0. The van der Waals surface area contributed by atoms with Gasteiger partial charge in [-0.25, -0.2) is 24.6 Å². The molecule has 0 spiro atoms. The molecule has 0 aliphatic rings. The summed E-state index contributed by atoms with van der Waals surface area (Å²) in [6.45, 7) is 5.57. The molecule has 0 radical (unpaired) electrons. The number of aromatic amines is 1. The Balaban J connectivity index is 1.78. The number of fused-ring (bicyclic) bond motifs is 1. The van der Waals surface area contributed by atoms with Gasteiger partial charge in [0.05, 0.1) is 6.20 Å². The normalized spacial score (nSPS) is 11.1. The van der Waals surface area contributed by atoms with Crippen molar-refractivity contribution >= 4 is 17.0 Å². The highest BCUT2D eigenvalue weighted by molar-refractivity contribution is 5.73. The summed E-state index contributed by atoms with van der Waals surface area (Å²) in [5.74, 6) is 2.16. The molecule has 0 aliphatic heterocycles. The molecule has 2 N–H and O–H groups in total. The molecule has 0 unspecified atom stereocenters. The number of nitrogens with one attached hydrogen (secondary N) is 2. The van der Waals surface area contributed by atoms with E-state index in [4.69, 9.17) is 4.98 Å². The molecular weight excluding hydrogens is 316 g/mol. The first kappa shape index (κ1) is 15.3. The fourth-order valence-electron chi connectivity index (χ4n) is 2.66. The van der Waals surface area contributed by atoms with E-state index >= 15 is 0 Å². The lowest BCUT2D eigenvalue weighted by Gasteiger charge is -2.02. The minimum absolute atomic E-state index is 0.648. The van der Waals surface area contributed by atoms with Gasteiger partial charge in [-0.05, 0) is 32.0 Å². The summed E-state index contributed by atoms with van der Waals surface area (Å²) >= 11 is 0. The molecule has 126 valence electrons. The molecule has 0 aromatic carbocycles. The number of aryl methyl sites for hydroxylation is 1. The lowest BCUT2D eigenvalue weighted by molar-refractivity contribution is 0.666. The van der Waals surface area contributed by atoms with Crippen LogP contribution in [0.2, 0.25) is 0 Å². The molecule has 0 fully saturated rings. The van der Waals surface area contributed by atoms with Gasteiger partial charge in [-0.2, -0.15) is 5.10 Å². The van der Waals surface area contributed by atoms with E-state index < -0.39 is 0 Å². The van der Waals surface area contributed by atoms with E-state index in [1.165, 1.54) is 0 Å². The SMILES string of the molecule is CCNc1cc(-c2nc(-c3cnc4[nH]ccc4n3)n(CC)n2)ccn1. The fourth-order valence-corrected chi connectivity index (χ4v) is 2.66. The maximum absolute atomic E-state index is 4.70. The molecule has 0 aliphatic carbocycles. The minimum atomic E-state index is 0.648. The van der Waals surface area contributed by atoms with Crippen LogP contribution in [0.5, 0.6) is 0 Å². The van der Waals surface area contributed by atoms with E-state index in [9.17, 15) is 0 Å². The van der Waals surface area contributed by atoms with Gasteiger partial charge in [-0.1, -0.05) is 0 Å². The topological polar surface area (TPSA) is 97.2 Å². The monoisotopic (exact) mass is 334 g/mol. The van der Waals surface area contributed by atoms with Crippen LogP contribution < -0.4 is 5.32 Å². The van der Waals surface area contributed by atoms with Gasteiger partial charge in [-0.3, -0.25) is 0 Å². The third-order valence-corrected chi connectivity index (χ3v) is 3.84. The van der Waals surface area contributed by atoms with Crippen molar-refractivity contribution in [3.8, 4) is 22.9 Å². The number of aromatic nitrogens is 7. The average Bonchev–Trinajstić information content (AvgIpc) is 3.28. The number of pyridine rings is 1. The zero-order valence-corrected chi connectivity index (χ0v) is 14.1. The average molecular weight is 334 g/mol. The molecule has 0 saturated heterocycles. The maximum Gasteiger partial charge on any atom is 0.182 e. The predicted molar refractivity (Wildman–Crippen MR) is 96.0 cm³/mol. The predicted octanol–water partition coefficient (Wildman–Crippen LogP) is 2.73. The summed E-state index contributed by atoms with van der Waals surface area (Å²) in [5, 5.41) is 7.82. The highest BCUT2D eigenvalue weighted by Gasteiger charge is 2.15. The van der Waals surface area contributed by atoms with Crippen molar-refractivity contribution in [2.45, 2.75) is 20.4 Å². The summed E-state index contributed by atoms with van der Waals surface area (Å²) in [4.78, 5) is 21.1. The van der Waals surface area contributed by atoms with Crippen molar-refractivity contribution in [3.05, 3.63) is 36.8 Å². The number of rotatable bonds is 5. The van der Waals surface area contributed by atoms with Crippen LogP contribution in [0.1, 0.15) is 13.8 Å². The van der Waals surface area contributed by atoms with Crippen LogP contribution >= 0.6 is 0 Å². The summed E-state index contributed by atoms with van der Waals surface area (Å²) < 4.78 is 1.84. The zero-order valence-electron chi connectivity index (χ0n) is 14.1. The van der Waals surface area contributed by atoms with E-state index in [0.29, 0.717) is 23.9 Å². The zero-order chi connectivity index (χ0) is 17.2. The molecule has 8 heteroatoms. The Labute approximate surface area is 144 Å². The lowest BCUT2D eigenvalue weighted by atomic mass is 10.2. The Morgan fingerprint density at radius 1 is 1.16 bits per heavy atom. The van der Waals surface area contributed by atoms with Gasteiger partial charge in [0.1, 0.15) is 17.0 Å². The molecule has 25 heavy (non-hydrogen) atoms. The van der Waals surface area contributed by atoms with Crippen molar-refractivity contribution < 1.29 is 0 Å². The Hall–Kier alpha value is -3.29. The first-order valence-electron chi connectivity index (χ1n) is 8.24. The molecule has 4 aromatic rings. The summed E-state index contributed by atoms with van der Waals surface area (Å²) in [6.07, 6.45) is 5.30. The van der Waals surface area contributed by atoms with Crippen molar-refractivity contribution in [1.82, 2.24) is 34.7 Å². The van der Waals surface area contributed by atoms with Gasteiger partial charge in [0.15, 0.2) is 17.3 Å². The fraction of sp³-hybridized carbons (Fsp3) is 0.235.